The first-order valence-electron chi connectivity index (χ1n) is 12.7. The molecule has 0 aromatic heterocycles. The van der Waals surface area contributed by atoms with Crippen LogP contribution in [0.5, 0.6) is 5.75 Å². The first-order chi connectivity index (χ1) is 17.4. The van der Waals surface area contributed by atoms with E-state index in [-0.39, 0.29) is 27.4 Å². The van der Waals surface area contributed by atoms with E-state index in [1.807, 2.05) is 0 Å². The second-order valence-electron chi connectivity index (χ2n) is 11.4. The Kier molecular flexibility index (Phi) is 5.66. The van der Waals surface area contributed by atoms with Gasteiger partial charge in [0, 0.05) is 5.56 Å². The maximum absolute atomic E-state index is 13.5. The van der Waals surface area contributed by atoms with Crippen LogP contribution in [0.2, 0.25) is 5.02 Å². The number of fused-ring (bicyclic) bond motifs is 1. The molecule has 5 nitrogen and oxygen atoms in total. The van der Waals surface area contributed by atoms with Crippen molar-refractivity contribution in [2.75, 3.05) is 5.32 Å². The number of aryl methyl sites for hydroxylation is 1. The summed E-state index contributed by atoms with van der Waals surface area (Å²) in [4.78, 5) is 12.5. The van der Waals surface area contributed by atoms with Gasteiger partial charge in [0.15, 0.2) is 0 Å². The molecule has 2 aromatic rings. The normalized spacial score (nSPS) is 28.4. The molecule has 10 heteroatoms. The molecule has 0 radical (unpaired) electrons. The SMILES string of the molecule is O=C(Nc1ccc(S(=O)(=O)C(F)(F)F)cc1Cl)c1c(O)c(C23CC4CC(CC(C4)C2)C3)cc2c1CCC2. The lowest BCUT2D eigenvalue weighted by atomic mass is 9.48. The highest BCUT2D eigenvalue weighted by molar-refractivity contribution is 7.92. The van der Waals surface area contributed by atoms with Gasteiger partial charge in [-0.05, 0) is 110 Å². The Balaban J connectivity index is 1.36. The molecule has 1 amide bonds. The van der Waals surface area contributed by atoms with Gasteiger partial charge in [-0.2, -0.15) is 13.2 Å². The summed E-state index contributed by atoms with van der Waals surface area (Å²) in [6.45, 7) is 0. The van der Waals surface area contributed by atoms with Crippen molar-refractivity contribution in [3.05, 3.63) is 51.5 Å². The Bertz CT molecular complexity index is 1380. The van der Waals surface area contributed by atoms with E-state index < -0.39 is 26.1 Å². The molecular weight excluding hydrogens is 527 g/mol. The number of sulfone groups is 1. The van der Waals surface area contributed by atoms with E-state index in [1.165, 1.54) is 19.3 Å². The first-order valence-corrected chi connectivity index (χ1v) is 14.5. The van der Waals surface area contributed by atoms with Crippen LogP contribution in [-0.2, 0) is 28.1 Å². The quantitative estimate of drug-likeness (QED) is 0.450. The molecule has 7 rings (SSSR count). The molecule has 0 unspecified atom stereocenters. The zero-order chi connectivity index (χ0) is 26.3. The summed E-state index contributed by atoms with van der Waals surface area (Å²) in [5.74, 6) is 1.35. The highest BCUT2D eigenvalue weighted by Gasteiger charge is 2.53. The van der Waals surface area contributed by atoms with E-state index in [1.54, 1.807) is 0 Å². The molecule has 198 valence electrons. The summed E-state index contributed by atoms with van der Waals surface area (Å²) in [5, 5.41) is 13.8. The molecule has 5 aliphatic rings. The number of carbonyl (C=O) groups is 1. The lowest BCUT2D eigenvalue weighted by molar-refractivity contribution is -0.0436. The van der Waals surface area contributed by atoms with Crippen molar-refractivity contribution < 1.29 is 31.5 Å². The maximum atomic E-state index is 13.5. The van der Waals surface area contributed by atoms with Gasteiger partial charge in [0.1, 0.15) is 5.75 Å². The molecular formula is C27H27ClF3NO4S. The zero-order valence-corrected chi connectivity index (χ0v) is 21.6. The molecule has 0 heterocycles. The van der Waals surface area contributed by atoms with Gasteiger partial charge in [0.25, 0.3) is 15.7 Å². The average molecular weight is 554 g/mol. The monoisotopic (exact) mass is 553 g/mol. The number of halogens is 4. The van der Waals surface area contributed by atoms with Gasteiger partial charge >= 0.3 is 5.51 Å². The first kappa shape index (κ1) is 25.0. The van der Waals surface area contributed by atoms with Crippen molar-refractivity contribution in [1.82, 2.24) is 0 Å². The van der Waals surface area contributed by atoms with E-state index in [0.717, 1.165) is 60.9 Å². The number of aromatic hydroxyl groups is 1. The lowest BCUT2D eigenvalue weighted by Crippen LogP contribution is -2.48. The predicted octanol–water partition coefficient (Wildman–Crippen LogP) is 6.55. The molecule has 37 heavy (non-hydrogen) atoms. The van der Waals surface area contributed by atoms with Crippen molar-refractivity contribution in [3.8, 4) is 5.75 Å². The van der Waals surface area contributed by atoms with E-state index >= 15 is 0 Å². The molecule has 0 atom stereocenters. The Labute approximate surface area is 218 Å². The highest BCUT2D eigenvalue weighted by Crippen LogP contribution is 2.62. The zero-order valence-electron chi connectivity index (χ0n) is 20.0. The molecule has 2 aromatic carbocycles. The number of carbonyl (C=O) groups excluding carboxylic acids is 1. The Morgan fingerprint density at radius 1 is 1.03 bits per heavy atom. The fourth-order valence-electron chi connectivity index (χ4n) is 7.90. The standard InChI is InChI=1S/C27H27ClF3NO4S/c28-21-10-18(37(35,36)27(29,30)31)4-5-22(21)32-25(34)23-19-3-1-2-17(19)9-20(24(23)33)26-11-14-6-15(12-26)8-16(7-14)13-26/h4-5,9-10,14-16,33H,1-3,6-8,11-13H2,(H,32,34). The van der Waals surface area contributed by atoms with Crippen molar-refractivity contribution in [2.45, 2.75) is 73.6 Å². The predicted molar refractivity (Wildman–Crippen MR) is 133 cm³/mol. The van der Waals surface area contributed by atoms with Gasteiger partial charge in [-0.3, -0.25) is 4.79 Å². The second kappa shape index (κ2) is 8.37. The van der Waals surface area contributed by atoms with Crippen molar-refractivity contribution in [3.63, 3.8) is 0 Å². The number of phenolic OH excluding ortho intramolecular Hbond substituents is 1. The number of hydrogen-bond donors (Lipinski definition) is 2. The molecule has 4 saturated carbocycles. The van der Waals surface area contributed by atoms with Gasteiger partial charge in [0.2, 0.25) is 0 Å². The fourth-order valence-corrected chi connectivity index (χ4v) is 8.98. The highest BCUT2D eigenvalue weighted by atomic mass is 35.5. The topological polar surface area (TPSA) is 83.5 Å². The number of amides is 1. The number of rotatable bonds is 4. The lowest BCUT2D eigenvalue weighted by Gasteiger charge is -2.57. The third kappa shape index (κ3) is 3.95. The van der Waals surface area contributed by atoms with E-state index in [4.69, 9.17) is 11.6 Å². The van der Waals surface area contributed by atoms with Crippen molar-refractivity contribution in [1.29, 1.82) is 0 Å². The van der Waals surface area contributed by atoms with E-state index in [0.29, 0.717) is 30.2 Å². The van der Waals surface area contributed by atoms with Crippen LogP contribution in [-0.4, -0.2) is 24.9 Å². The third-order valence-electron chi connectivity index (χ3n) is 9.01. The van der Waals surface area contributed by atoms with Crippen LogP contribution >= 0.6 is 11.6 Å². The minimum absolute atomic E-state index is 0.00695. The molecule has 5 aliphatic carbocycles. The molecule has 0 saturated heterocycles. The van der Waals surface area contributed by atoms with Crippen LogP contribution in [0.25, 0.3) is 0 Å². The van der Waals surface area contributed by atoms with Gasteiger partial charge < -0.3 is 10.4 Å². The van der Waals surface area contributed by atoms with Gasteiger partial charge in [-0.1, -0.05) is 17.7 Å². The number of benzene rings is 2. The summed E-state index contributed by atoms with van der Waals surface area (Å²) in [6, 6.07) is 4.60. The van der Waals surface area contributed by atoms with Crippen molar-refractivity contribution in [2.24, 2.45) is 17.8 Å². The van der Waals surface area contributed by atoms with Crippen LogP contribution in [0.4, 0.5) is 18.9 Å². The molecule has 0 aliphatic heterocycles. The fraction of sp³-hybridized carbons (Fsp3) is 0.519. The summed E-state index contributed by atoms with van der Waals surface area (Å²) in [5.41, 5.74) is -2.72. The Morgan fingerprint density at radius 2 is 1.65 bits per heavy atom. The summed E-state index contributed by atoms with van der Waals surface area (Å²) >= 11 is 6.11. The molecule has 4 fully saturated rings. The number of alkyl halides is 3. The van der Waals surface area contributed by atoms with Crippen LogP contribution in [0.1, 0.15) is 72.0 Å². The van der Waals surface area contributed by atoms with Crippen LogP contribution in [0, 0.1) is 17.8 Å². The Hall–Kier alpha value is -2.26. The van der Waals surface area contributed by atoms with Crippen LogP contribution < -0.4 is 5.32 Å². The van der Waals surface area contributed by atoms with E-state index in [2.05, 4.69) is 11.4 Å². The second-order valence-corrected chi connectivity index (χ2v) is 13.7. The molecule has 0 spiro atoms. The largest absolute Gasteiger partial charge is 0.507 e. The number of phenols is 1. The smallest absolute Gasteiger partial charge is 0.501 e. The summed E-state index contributed by atoms with van der Waals surface area (Å²) in [6.07, 6.45) is 9.13. The molecule has 4 bridgehead atoms. The third-order valence-corrected chi connectivity index (χ3v) is 10.8. The van der Waals surface area contributed by atoms with Gasteiger partial charge in [-0.15, -0.1) is 0 Å². The summed E-state index contributed by atoms with van der Waals surface area (Å²) in [7, 11) is -5.58. The number of hydrogen-bond acceptors (Lipinski definition) is 4. The van der Waals surface area contributed by atoms with E-state index in [9.17, 15) is 31.5 Å². The van der Waals surface area contributed by atoms with Gasteiger partial charge in [0.05, 0.1) is 21.2 Å². The van der Waals surface area contributed by atoms with Gasteiger partial charge in [-0.25, -0.2) is 8.42 Å². The summed E-state index contributed by atoms with van der Waals surface area (Å²) < 4.78 is 62.3. The maximum Gasteiger partial charge on any atom is 0.501 e. The average Bonchev–Trinajstić information content (AvgIpc) is 3.26. The van der Waals surface area contributed by atoms with Crippen LogP contribution in [0.3, 0.4) is 0 Å². The van der Waals surface area contributed by atoms with Crippen molar-refractivity contribution >= 4 is 33.0 Å². The minimum atomic E-state index is -5.58. The minimum Gasteiger partial charge on any atom is -0.507 e. The Morgan fingerprint density at radius 3 is 2.22 bits per heavy atom. The number of anilines is 1. The van der Waals surface area contributed by atoms with Crippen LogP contribution in [0.15, 0.2) is 29.2 Å². The molecule has 2 N–H and O–H groups in total. The number of nitrogens with one attached hydrogen (secondary N) is 1.